The SMILES string of the molecule is CC[C@H](C)[C@@H](C(=O)N[C@@H](Cc1ccccc1)[C@H](O)CN(CC1CCCC1)S(=O)(=O)c1ccc(/C=N/O)cc1)N1CCN(Cc2cccc(COC)n2)C1=O. The Balaban J connectivity index is 1.38. The predicted molar refractivity (Wildman–Crippen MR) is 205 cm³/mol. The molecule has 5 rings (SSSR count). The minimum atomic E-state index is -4.06. The van der Waals surface area contributed by atoms with Gasteiger partial charge in [0.05, 0.1) is 47.8 Å². The lowest BCUT2D eigenvalue weighted by Crippen LogP contribution is -2.57. The van der Waals surface area contributed by atoms with Gasteiger partial charge in [0.1, 0.15) is 6.04 Å². The van der Waals surface area contributed by atoms with Crippen molar-refractivity contribution in [1.29, 1.82) is 0 Å². The second kappa shape index (κ2) is 19.3. The molecule has 0 unspecified atom stereocenters. The number of aliphatic hydroxyl groups excluding tert-OH is 1. The van der Waals surface area contributed by atoms with Gasteiger partial charge in [0, 0.05) is 33.3 Å². The Kier molecular flexibility index (Phi) is 14.6. The molecule has 14 heteroatoms. The van der Waals surface area contributed by atoms with Crippen molar-refractivity contribution in [2.45, 2.75) is 88.6 Å². The van der Waals surface area contributed by atoms with Crippen molar-refractivity contribution in [2.75, 3.05) is 33.3 Å². The molecular weight excluding hydrogens is 709 g/mol. The average molecular weight is 763 g/mol. The van der Waals surface area contributed by atoms with Gasteiger partial charge in [-0.25, -0.2) is 13.2 Å². The normalized spacial score (nSPS) is 17.7. The number of carbonyl (C=O) groups is 2. The van der Waals surface area contributed by atoms with E-state index in [1.165, 1.54) is 22.7 Å². The van der Waals surface area contributed by atoms with Crippen LogP contribution in [0.3, 0.4) is 0 Å². The number of oxime groups is 1. The summed E-state index contributed by atoms with van der Waals surface area (Å²) in [6.07, 6.45) is 4.63. The van der Waals surface area contributed by atoms with E-state index in [2.05, 4.69) is 15.5 Å². The lowest BCUT2D eigenvalue weighted by Gasteiger charge is -2.35. The second-order valence-electron chi connectivity index (χ2n) is 14.4. The number of pyridine rings is 1. The van der Waals surface area contributed by atoms with Crippen LogP contribution in [0.2, 0.25) is 0 Å². The fourth-order valence-electron chi connectivity index (χ4n) is 7.43. The number of rotatable bonds is 19. The van der Waals surface area contributed by atoms with Gasteiger partial charge in [-0.05, 0) is 66.5 Å². The zero-order chi connectivity index (χ0) is 38.7. The highest BCUT2D eigenvalue weighted by Crippen LogP contribution is 2.29. The van der Waals surface area contributed by atoms with E-state index in [4.69, 9.17) is 9.94 Å². The molecule has 1 aromatic heterocycles. The molecule has 0 spiro atoms. The summed E-state index contributed by atoms with van der Waals surface area (Å²) in [4.78, 5) is 36.3. The molecule has 13 nitrogen and oxygen atoms in total. The number of nitrogens with one attached hydrogen (secondary N) is 1. The number of sulfonamides is 1. The summed E-state index contributed by atoms with van der Waals surface area (Å²) < 4.78 is 34.9. The van der Waals surface area contributed by atoms with E-state index in [9.17, 15) is 23.1 Å². The van der Waals surface area contributed by atoms with Crippen LogP contribution >= 0.6 is 0 Å². The van der Waals surface area contributed by atoms with E-state index in [0.29, 0.717) is 38.2 Å². The number of hydrogen-bond donors (Lipinski definition) is 3. The van der Waals surface area contributed by atoms with Gasteiger partial charge in [-0.2, -0.15) is 4.31 Å². The summed E-state index contributed by atoms with van der Waals surface area (Å²) in [5.74, 6) is -0.456. The van der Waals surface area contributed by atoms with Crippen LogP contribution in [0.1, 0.15) is 68.5 Å². The molecule has 1 aliphatic heterocycles. The van der Waals surface area contributed by atoms with Crippen molar-refractivity contribution in [3.05, 3.63) is 95.3 Å². The first-order valence-electron chi connectivity index (χ1n) is 18.8. The lowest BCUT2D eigenvalue weighted by molar-refractivity contribution is -0.128. The molecule has 0 radical (unpaired) electrons. The van der Waals surface area contributed by atoms with Crippen LogP contribution in [0, 0.1) is 11.8 Å². The topological polar surface area (TPSA) is 165 Å². The average Bonchev–Trinajstić information content (AvgIpc) is 3.81. The van der Waals surface area contributed by atoms with Crippen LogP contribution < -0.4 is 5.32 Å². The van der Waals surface area contributed by atoms with E-state index in [0.717, 1.165) is 42.6 Å². The third-order valence-corrected chi connectivity index (χ3v) is 12.4. The Morgan fingerprint density at radius 3 is 2.43 bits per heavy atom. The lowest BCUT2D eigenvalue weighted by atomic mass is 9.95. The van der Waals surface area contributed by atoms with Crippen LogP contribution in [0.15, 0.2) is 82.8 Å². The molecular formula is C40H54N6O7S. The molecule has 54 heavy (non-hydrogen) atoms. The number of urea groups is 1. The highest BCUT2D eigenvalue weighted by atomic mass is 32.2. The minimum absolute atomic E-state index is 0.0565. The van der Waals surface area contributed by atoms with Crippen LogP contribution in [-0.2, 0) is 39.1 Å². The first-order valence-corrected chi connectivity index (χ1v) is 20.3. The number of aromatic nitrogens is 1. The van der Waals surface area contributed by atoms with Crippen molar-refractivity contribution in [3.8, 4) is 0 Å². The zero-order valence-electron chi connectivity index (χ0n) is 31.5. The summed E-state index contributed by atoms with van der Waals surface area (Å²) >= 11 is 0. The number of methoxy groups -OCH3 is 1. The fraction of sp³-hybridized carbons (Fsp3) is 0.500. The van der Waals surface area contributed by atoms with Gasteiger partial charge >= 0.3 is 6.03 Å². The van der Waals surface area contributed by atoms with Gasteiger partial charge in [-0.3, -0.25) is 9.78 Å². The van der Waals surface area contributed by atoms with E-state index in [-0.39, 0.29) is 42.3 Å². The fourth-order valence-corrected chi connectivity index (χ4v) is 8.96. The summed E-state index contributed by atoms with van der Waals surface area (Å²) in [6.45, 7) is 5.33. The Hall–Kier alpha value is -4.37. The van der Waals surface area contributed by atoms with E-state index < -0.39 is 34.1 Å². The van der Waals surface area contributed by atoms with Gasteiger partial charge in [0.25, 0.3) is 0 Å². The number of carbonyl (C=O) groups excluding carboxylic acids is 2. The van der Waals surface area contributed by atoms with Gasteiger partial charge in [-0.1, -0.05) is 86.8 Å². The molecule has 1 saturated carbocycles. The third-order valence-electron chi connectivity index (χ3n) is 10.6. The molecule has 3 aromatic rings. The summed E-state index contributed by atoms with van der Waals surface area (Å²) in [7, 11) is -2.46. The molecule has 292 valence electrons. The van der Waals surface area contributed by atoms with Crippen LogP contribution in [0.4, 0.5) is 4.79 Å². The van der Waals surface area contributed by atoms with Crippen molar-refractivity contribution >= 4 is 28.2 Å². The molecule has 1 aliphatic carbocycles. The van der Waals surface area contributed by atoms with Crippen molar-refractivity contribution in [1.82, 2.24) is 24.4 Å². The largest absolute Gasteiger partial charge is 0.411 e. The Bertz CT molecular complexity index is 1800. The Labute approximate surface area is 319 Å². The number of nitrogens with zero attached hydrogens (tertiary/aromatic N) is 5. The van der Waals surface area contributed by atoms with Crippen LogP contribution in [-0.4, -0.2) is 107 Å². The summed E-state index contributed by atoms with van der Waals surface area (Å²) in [5, 5.41) is 27.0. The number of benzene rings is 2. The van der Waals surface area contributed by atoms with Crippen molar-refractivity contribution in [3.63, 3.8) is 0 Å². The summed E-state index contributed by atoms with van der Waals surface area (Å²) in [6, 6.07) is 19.1. The number of amides is 3. The predicted octanol–water partition coefficient (Wildman–Crippen LogP) is 4.66. The van der Waals surface area contributed by atoms with Crippen LogP contribution in [0.5, 0.6) is 0 Å². The molecule has 3 N–H and O–H groups in total. The second-order valence-corrected chi connectivity index (χ2v) is 16.4. The smallest absolute Gasteiger partial charge is 0.321 e. The third kappa shape index (κ3) is 10.4. The molecule has 0 bridgehead atoms. The van der Waals surface area contributed by atoms with Gasteiger partial charge < -0.3 is 30.2 Å². The maximum atomic E-state index is 14.4. The van der Waals surface area contributed by atoms with Gasteiger partial charge in [-0.15, -0.1) is 0 Å². The molecule has 2 heterocycles. The van der Waals surface area contributed by atoms with E-state index in [1.807, 2.05) is 62.4 Å². The zero-order valence-corrected chi connectivity index (χ0v) is 32.3. The Morgan fingerprint density at radius 2 is 1.76 bits per heavy atom. The van der Waals surface area contributed by atoms with Crippen molar-refractivity contribution < 1.29 is 33.1 Å². The first kappa shape index (κ1) is 40.8. The van der Waals surface area contributed by atoms with Crippen molar-refractivity contribution in [2.24, 2.45) is 17.0 Å². The van der Waals surface area contributed by atoms with E-state index in [1.54, 1.807) is 29.0 Å². The molecule has 1 saturated heterocycles. The minimum Gasteiger partial charge on any atom is -0.411 e. The number of aliphatic hydroxyl groups is 1. The Morgan fingerprint density at radius 1 is 1.06 bits per heavy atom. The highest BCUT2D eigenvalue weighted by Gasteiger charge is 2.41. The maximum absolute atomic E-state index is 14.4. The number of hydrogen-bond acceptors (Lipinski definition) is 9. The standard InChI is InChI=1S/C40H54N6O7S/c1-4-29(2)38(46-22-21-44(40(46)49)26-33-15-10-16-34(42-33)28-53-3)39(48)43-36(23-30-11-6-5-7-12-30)37(47)27-45(25-32-13-8-9-14-32)54(51,52)35-19-17-31(18-20-35)24-41-50/h5-7,10-12,15-20,24,29,32,36-38,47,50H,4,8-9,13-14,21-23,25-28H2,1-3H3,(H,43,48)/b41-24+/t29-,36-,37+,38-/m0/s1. The molecule has 2 aromatic carbocycles. The summed E-state index contributed by atoms with van der Waals surface area (Å²) in [5.41, 5.74) is 2.88. The maximum Gasteiger partial charge on any atom is 0.321 e. The number of ether oxygens (including phenoxy) is 1. The van der Waals surface area contributed by atoms with Gasteiger partial charge in [0.2, 0.25) is 15.9 Å². The van der Waals surface area contributed by atoms with Crippen LogP contribution in [0.25, 0.3) is 0 Å². The van der Waals surface area contributed by atoms with E-state index >= 15 is 0 Å². The monoisotopic (exact) mass is 762 g/mol. The molecule has 2 fully saturated rings. The first-order chi connectivity index (χ1) is 26.0. The quantitative estimate of drug-likeness (QED) is 0.0902. The highest BCUT2D eigenvalue weighted by molar-refractivity contribution is 7.89. The molecule has 4 atom stereocenters. The molecule has 2 aliphatic rings. The van der Waals surface area contributed by atoms with Gasteiger partial charge in [0.15, 0.2) is 0 Å². The molecule has 3 amide bonds.